The number of aromatic amines is 1. The van der Waals surface area contributed by atoms with E-state index >= 15 is 0 Å². The number of piperidine rings is 1. The lowest BCUT2D eigenvalue weighted by atomic mass is 9.96. The number of carbonyl (C=O) groups is 1. The largest absolute Gasteiger partial charge is 0.324 e. The van der Waals surface area contributed by atoms with Crippen LogP contribution in [0.15, 0.2) is 18.2 Å². The lowest BCUT2D eigenvalue weighted by Crippen LogP contribution is -2.40. The number of benzene rings is 1. The Morgan fingerprint density at radius 2 is 1.92 bits per heavy atom. The van der Waals surface area contributed by atoms with Gasteiger partial charge in [0.25, 0.3) is 0 Å². The third-order valence-electron chi connectivity index (χ3n) is 5.48. The van der Waals surface area contributed by atoms with Crippen LogP contribution in [-0.2, 0) is 0 Å². The molecule has 2 heterocycles. The van der Waals surface area contributed by atoms with Crippen molar-refractivity contribution in [3.63, 3.8) is 0 Å². The molecule has 25 heavy (non-hydrogen) atoms. The Morgan fingerprint density at radius 3 is 2.64 bits per heavy atom. The third-order valence-corrected chi connectivity index (χ3v) is 5.48. The first-order chi connectivity index (χ1) is 12.1. The van der Waals surface area contributed by atoms with E-state index in [0.717, 1.165) is 48.8 Å². The molecule has 1 aliphatic heterocycles. The van der Waals surface area contributed by atoms with Crippen LogP contribution < -0.4 is 5.32 Å². The smallest absolute Gasteiger partial charge is 0.321 e. The van der Waals surface area contributed by atoms with Crippen LogP contribution in [0.5, 0.6) is 0 Å². The summed E-state index contributed by atoms with van der Waals surface area (Å²) in [4.78, 5) is 19.1. The lowest BCUT2D eigenvalue weighted by Gasteiger charge is -2.31. The lowest BCUT2D eigenvalue weighted by molar-refractivity contribution is 0.193. The van der Waals surface area contributed by atoms with E-state index < -0.39 is 0 Å². The van der Waals surface area contributed by atoms with E-state index in [0.29, 0.717) is 11.8 Å². The molecule has 2 fully saturated rings. The molecule has 4 rings (SSSR count). The minimum Gasteiger partial charge on any atom is -0.324 e. The number of amides is 2. The number of likely N-dealkylation sites (tertiary alicyclic amines) is 1. The number of carbonyl (C=O) groups excluding carboxylic acids is 1. The molecule has 2 N–H and O–H groups in total. The topological polar surface area (TPSA) is 73.9 Å². The number of nitrogens with zero attached hydrogens (tertiary/aromatic N) is 3. The maximum Gasteiger partial charge on any atom is 0.321 e. The summed E-state index contributed by atoms with van der Waals surface area (Å²) in [6.07, 6.45) is 4.29. The van der Waals surface area contributed by atoms with Crippen LogP contribution in [0, 0.1) is 13.8 Å². The van der Waals surface area contributed by atoms with Gasteiger partial charge in [-0.2, -0.15) is 5.10 Å². The minimum absolute atomic E-state index is 0.0108. The zero-order valence-corrected chi connectivity index (χ0v) is 14.9. The zero-order chi connectivity index (χ0) is 17.4. The highest BCUT2D eigenvalue weighted by atomic mass is 16.2. The van der Waals surface area contributed by atoms with Crippen LogP contribution in [0.25, 0.3) is 0 Å². The molecule has 0 atom stereocenters. The van der Waals surface area contributed by atoms with Gasteiger partial charge in [0.2, 0.25) is 0 Å². The summed E-state index contributed by atoms with van der Waals surface area (Å²) in [5.41, 5.74) is 3.21. The van der Waals surface area contributed by atoms with Crippen molar-refractivity contribution in [2.45, 2.75) is 51.4 Å². The molecule has 0 unspecified atom stereocenters. The van der Waals surface area contributed by atoms with Crippen molar-refractivity contribution in [3.05, 3.63) is 41.0 Å². The fourth-order valence-corrected chi connectivity index (χ4v) is 3.43. The van der Waals surface area contributed by atoms with Crippen LogP contribution in [-0.4, -0.2) is 39.2 Å². The summed E-state index contributed by atoms with van der Waals surface area (Å²) >= 11 is 0. The molecule has 2 aromatic rings. The van der Waals surface area contributed by atoms with E-state index in [1.54, 1.807) is 0 Å². The van der Waals surface area contributed by atoms with Gasteiger partial charge in [0.05, 0.1) is 0 Å². The molecule has 6 nitrogen and oxygen atoms in total. The van der Waals surface area contributed by atoms with Crippen molar-refractivity contribution >= 4 is 11.7 Å². The number of rotatable bonds is 3. The quantitative estimate of drug-likeness (QED) is 0.895. The molecular weight excluding hydrogens is 314 g/mol. The second-order valence-corrected chi connectivity index (χ2v) is 7.29. The second-order valence-electron chi connectivity index (χ2n) is 7.29. The highest BCUT2D eigenvalue weighted by Gasteiger charge is 2.30. The molecule has 0 bridgehead atoms. The fourth-order valence-electron chi connectivity index (χ4n) is 3.43. The first kappa shape index (κ1) is 16.1. The molecule has 2 amide bonds. The van der Waals surface area contributed by atoms with Crippen molar-refractivity contribution in [1.82, 2.24) is 20.1 Å². The molecule has 1 saturated carbocycles. The standard InChI is InChI=1S/C19H25N5O/c1-12-4-3-5-16(13(12)2)20-19(25)24-10-8-15(9-11-24)18-21-17(22-23-18)14-6-7-14/h3-5,14-15H,6-11H2,1-2H3,(H,20,25)(H,21,22,23). The van der Waals surface area contributed by atoms with Crippen molar-refractivity contribution in [2.24, 2.45) is 0 Å². The van der Waals surface area contributed by atoms with Gasteiger partial charge in [0.15, 0.2) is 5.82 Å². The molecule has 1 aromatic heterocycles. The molecular formula is C19H25N5O. The van der Waals surface area contributed by atoms with Gasteiger partial charge in [-0.05, 0) is 56.7 Å². The molecule has 1 aromatic carbocycles. The zero-order valence-electron chi connectivity index (χ0n) is 14.9. The normalized spacial score (nSPS) is 18.4. The fraction of sp³-hybridized carbons (Fsp3) is 0.526. The van der Waals surface area contributed by atoms with Gasteiger partial charge in [-0.15, -0.1) is 0 Å². The Hall–Kier alpha value is -2.37. The van der Waals surface area contributed by atoms with Crippen molar-refractivity contribution < 1.29 is 4.79 Å². The minimum atomic E-state index is -0.0108. The maximum absolute atomic E-state index is 12.6. The summed E-state index contributed by atoms with van der Waals surface area (Å²) in [5.74, 6) is 2.93. The van der Waals surface area contributed by atoms with E-state index in [2.05, 4.69) is 33.5 Å². The van der Waals surface area contributed by atoms with Crippen LogP contribution in [0.1, 0.15) is 60.3 Å². The van der Waals surface area contributed by atoms with Crippen molar-refractivity contribution in [1.29, 1.82) is 0 Å². The number of hydrogen-bond donors (Lipinski definition) is 2. The van der Waals surface area contributed by atoms with E-state index in [9.17, 15) is 4.79 Å². The van der Waals surface area contributed by atoms with Crippen LogP contribution in [0.3, 0.4) is 0 Å². The van der Waals surface area contributed by atoms with Crippen molar-refractivity contribution in [2.75, 3.05) is 18.4 Å². The summed E-state index contributed by atoms with van der Waals surface area (Å²) in [6.45, 7) is 5.60. The number of urea groups is 1. The maximum atomic E-state index is 12.6. The average Bonchev–Trinajstić information content (AvgIpc) is 3.36. The molecule has 1 saturated heterocycles. The number of aryl methyl sites for hydroxylation is 1. The van der Waals surface area contributed by atoms with Gasteiger partial charge in [-0.25, -0.2) is 9.78 Å². The van der Waals surface area contributed by atoms with E-state index in [4.69, 9.17) is 0 Å². The third kappa shape index (κ3) is 3.38. The van der Waals surface area contributed by atoms with Gasteiger partial charge >= 0.3 is 6.03 Å². The Morgan fingerprint density at radius 1 is 1.16 bits per heavy atom. The SMILES string of the molecule is Cc1cccc(NC(=O)N2CCC(c3nc(C4CC4)n[nH]3)CC2)c1C. The summed E-state index contributed by atoms with van der Waals surface area (Å²) in [6, 6.07) is 5.99. The highest BCUT2D eigenvalue weighted by Crippen LogP contribution is 2.38. The first-order valence-electron chi connectivity index (χ1n) is 9.16. The molecule has 132 valence electrons. The summed E-state index contributed by atoms with van der Waals surface area (Å²) in [5, 5.41) is 10.5. The summed E-state index contributed by atoms with van der Waals surface area (Å²) < 4.78 is 0. The molecule has 0 spiro atoms. The predicted octanol–water partition coefficient (Wildman–Crippen LogP) is 3.71. The predicted molar refractivity (Wildman–Crippen MR) is 96.8 cm³/mol. The number of anilines is 1. The van der Waals surface area contributed by atoms with Crippen LogP contribution >= 0.6 is 0 Å². The van der Waals surface area contributed by atoms with Gasteiger partial charge in [0, 0.05) is 30.6 Å². The van der Waals surface area contributed by atoms with E-state index in [-0.39, 0.29) is 6.03 Å². The summed E-state index contributed by atoms with van der Waals surface area (Å²) in [7, 11) is 0. The number of nitrogens with one attached hydrogen (secondary N) is 2. The van der Waals surface area contributed by atoms with E-state index in [1.807, 2.05) is 24.0 Å². The molecule has 6 heteroatoms. The van der Waals surface area contributed by atoms with Gasteiger partial charge in [-0.3, -0.25) is 5.10 Å². The number of aromatic nitrogens is 3. The Kier molecular flexibility index (Phi) is 4.19. The second kappa shape index (κ2) is 6.50. The molecule has 1 aliphatic carbocycles. The highest BCUT2D eigenvalue weighted by molar-refractivity contribution is 5.90. The van der Waals surface area contributed by atoms with Gasteiger partial charge in [-0.1, -0.05) is 12.1 Å². The number of hydrogen-bond acceptors (Lipinski definition) is 3. The Bertz CT molecular complexity index is 772. The van der Waals surface area contributed by atoms with Crippen LogP contribution in [0.2, 0.25) is 0 Å². The Labute approximate surface area is 148 Å². The molecule has 0 radical (unpaired) electrons. The monoisotopic (exact) mass is 339 g/mol. The van der Waals surface area contributed by atoms with Crippen molar-refractivity contribution in [3.8, 4) is 0 Å². The Balaban J connectivity index is 1.34. The average molecular weight is 339 g/mol. The first-order valence-corrected chi connectivity index (χ1v) is 9.16. The molecule has 2 aliphatic rings. The van der Waals surface area contributed by atoms with Gasteiger partial charge in [0.1, 0.15) is 5.82 Å². The van der Waals surface area contributed by atoms with E-state index in [1.165, 1.54) is 18.4 Å². The van der Waals surface area contributed by atoms with Crippen LogP contribution in [0.4, 0.5) is 10.5 Å². The number of H-pyrrole nitrogens is 1. The van der Waals surface area contributed by atoms with Gasteiger partial charge < -0.3 is 10.2 Å².